The number of nitrogens with zero attached hydrogens (tertiary/aromatic N) is 1. The summed E-state index contributed by atoms with van der Waals surface area (Å²) >= 11 is 5.82. The van der Waals surface area contributed by atoms with Crippen LogP contribution in [-0.2, 0) is 6.54 Å². The Kier molecular flexibility index (Phi) is 3.59. The molecule has 0 saturated carbocycles. The monoisotopic (exact) mass is 297 g/mol. The zero-order valence-corrected chi connectivity index (χ0v) is 11.8. The normalized spacial score (nSPS) is 14.0. The van der Waals surface area contributed by atoms with E-state index < -0.39 is 0 Å². The maximum absolute atomic E-state index is 12.2. The second kappa shape index (κ2) is 5.54. The van der Waals surface area contributed by atoms with E-state index in [9.17, 15) is 9.90 Å². The van der Waals surface area contributed by atoms with Crippen LogP contribution in [0.5, 0.6) is 0 Å². The maximum atomic E-state index is 12.2. The van der Waals surface area contributed by atoms with Gasteiger partial charge in [0, 0.05) is 22.4 Å². The zero-order chi connectivity index (χ0) is 14.8. The number of fused-ring (bicyclic) bond motifs is 1. The molecule has 0 heterocycles. The Labute approximate surface area is 127 Å². The molecule has 0 bridgehead atoms. The van der Waals surface area contributed by atoms with E-state index in [2.05, 4.69) is 4.99 Å². The number of Topliss-reactive ketones (excluding diaryl/α,β-unsaturated/α-hetero) is 1. The number of halogens is 1. The summed E-state index contributed by atoms with van der Waals surface area (Å²) in [5, 5.41) is 10.8. The van der Waals surface area contributed by atoms with Gasteiger partial charge in [-0.1, -0.05) is 48.0 Å². The number of hydrogen-bond donors (Lipinski definition) is 1. The number of rotatable bonds is 3. The summed E-state index contributed by atoms with van der Waals surface area (Å²) in [5.74, 6) is -0.196. The highest BCUT2D eigenvalue weighted by molar-refractivity contribution is 6.30. The molecule has 0 radical (unpaired) electrons. The number of hydrogen-bond acceptors (Lipinski definition) is 3. The van der Waals surface area contributed by atoms with Crippen molar-refractivity contribution >= 4 is 29.4 Å². The third-order valence-corrected chi connectivity index (χ3v) is 3.59. The van der Waals surface area contributed by atoms with Gasteiger partial charge in [-0.15, -0.1) is 0 Å². The Morgan fingerprint density at radius 1 is 1.05 bits per heavy atom. The van der Waals surface area contributed by atoms with Crippen LogP contribution in [0.15, 0.2) is 59.1 Å². The lowest BCUT2D eigenvalue weighted by Gasteiger charge is -1.97. The molecule has 0 amide bonds. The van der Waals surface area contributed by atoms with Gasteiger partial charge in [0.25, 0.3) is 0 Å². The molecule has 0 aromatic heterocycles. The maximum Gasteiger partial charge on any atom is 0.199 e. The van der Waals surface area contributed by atoms with Gasteiger partial charge >= 0.3 is 0 Å². The van der Waals surface area contributed by atoms with Crippen LogP contribution in [0.25, 0.3) is 5.76 Å². The average molecular weight is 298 g/mol. The molecule has 104 valence electrons. The Morgan fingerprint density at radius 3 is 2.38 bits per heavy atom. The third kappa shape index (κ3) is 2.60. The smallest absolute Gasteiger partial charge is 0.199 e. The first-order valence-electron chi connectivity index (χ1n) is 6.48. The fraction of sp³-hybridized carbons (Fsp3) is 0.0588. The second-order valence-electron chi connectivity index (χ2n) is 4.73. The number of carbonyl (C=O) groups is 1. The van der Waals surface area contributed by atoms with Gasteiger partial charge in [0.2, 0.25) is 0 Å². The van der Waals surface area contributed by atoms with Gasteiger partial charge in [0.05, 0.1) is 12.1 Å². The summed E-state index contributed by atoms with van der Waals surface area (Å²) in [6.45, 7) is 0.428. The van der Waals surface area contributed by atoms with Crippen LogP contribution >= 0.6 is 11.6 Å². The molecule has 21 heavy (non-hydrogen) atoms. The Hall–Kier alpha value is -2.39. The van der Waals surface area contributed by atoms with Crippen LogP contribution in [0.3, 0.4) is 0 Å². The summed E-state index contributed by atoms with van der Waals surface area (Å²) in [7, 11) is 0. The van der Waals surface area contributed by atoms with Crippen molar-refractivity contribution in [2.75, 3.05) is 0 Å². The summed E-state index contributed by atoms with van der Waals surface area (Å²) < 4.78 is 0. The Morgan fingerprint density at radius 2 is 1.71 bits per heavy atom. The molecule has 0 fully saturated rings. The Bertz CT molecular complexity index is 761. The van der Waals surface area contributed by atoms with Gasteiger partial charge in [-0.2, -0.15) is 0 Å². The topological polar surface area (TPSA) is 49.7 Å². The first-order chi connectivity index (χ1) is 10.2. The molecule has 3 rings (SSSR count). The zero-order valence-electron chi connectivity index (χ0n) is 11.1. The van der Waals surface area contributed by atoms with E-state index in [-0.39, 0.29) is 17.1 Å². The number of aliphatic hydroxyl groups is 1. The van der Waals surface area contributed by atoms with Gasteiger partial charge in [0.1, 0.15) is 5.76 Å². The fourth-order valence-electron chi connectivity index (χ4n) is 2.24. The van der Waals surface area contributed by atoms with Crippen LogP contribution in [0.4, 0.5) is 0 Å². The molecular weight excluding hydrogens is 286 g/mol. The Balaban J connectivity index is 1.80. The van der Waals surface area contributed by atoms with Crippen molar-refractivity contribution in [1.82, 2.24) is 0 Å². The number of benzene rings is 2. The molecule has 4 heteroatoms. The lowest BCUT2D eigenvalue weighted by molar-refractivity contribution is 0.104. The highest BCUT2D eigenvalue weighted by Gasteiger charge is 2.27. The van der Waals surface area contributed by atoms with Gasteiger partial charge < -0.3 is 5.11 Å². The quantitative estimate of drug-likeness (QED) is 0.868. The molecular formula is C17H12ClNO2. The predicted molar refractivity (Wildman–Crippen MR) is 84.0 cm³/mol. The number of aliphatic imine (C=N–C) groups is 1. The van der Waals surface area contributed by atoms with E-state index in [0.717, 1.165) is 5.56 Å². The lowest BCUT2D eigenvalue weighted by atomic mass is 10.1. The van der Waals surface area contributed by atoms with Gasteiger partial charge in [-0.05, 0) is 17.7 Å². The van der Waals surface area contributed by atoms with Crippen molar-refractivity contribution in [3.8, 4) is 0 Å². The highest BCUT2D eigenvalue weighted by Crippen LogP contribution is 2.29. The van der Waals surface area contributed by atoms with Crippen molar-refractivity contribution in [2.45, 2.75) is 6.54 Å². The molecule has 0 unspecified atom stereocenters. The highest BCUT2D eigenvalue weighted by atomic mass is 35.5. The fourth-order valence-corrected chi connectivity index (χ4v) is 2.36. The van der Waals surface area contributed by atoms with Crippen molar-refractivity contribution in [2.24, 2.45) is 4.99 Å². The molecule has 1 N–H and O–H groups in total. The average Bonchev–Trinajstić information content (AvgIpc) is 2.75. The number of ketones is 1. The summed E-state index contributed by atoms with van der Waals surface area (Å²) in [6, 6.07) is 14.3. The molecule has 0 spiro atoms. The summed E-state index contributed by atoms with van der Waals surface area (Å²) in [5.41, 5.74) is 2.31. The molecule has 0 atom stereocenters. The van der Waals surface area contributed by atoms with Gasteiger partial charge in [-0.3, -0.25) is 9.79 Å². The summed E-state index contributed by atoms with van der Waals surface area (Å²) in [4.78, 5) is 16.4. The van der Waals surface area contributed by atoms with Gasteiger partial charge in [-0.25, -0.2) is 0 Å². The van der Waals surface area contributed by atoms with Crippen LogP contribution in [0, 0.1) is 0 Å². The minimum atomic E-state index is -0.192. The van der Waals surface area contributed by atoms with Crippen molar-refractivity contribution < 1.29 is 9.90 Å². The van der Waals surface area contributed by atoms with E-state index in [1.54, 1.807) is 36.4 Å². The largest absolute Gasteiger partial charge is 0.506 e. The van der Waals surface area contributed by atoms with E-state index >= 15 is 0 Å². The number of aliphatic hydroxyl groups excluding tert-OH is 1. The standard InChI is InChI=1S/C17H12ClNO2/c18-12-7-5-11(6-8-12)9-19-10-15-16(20)13-3-1-2-4-14(13)17(15)21/h1-8,10,20H,9H2. The molecule has 3 nitrogen and oxygen atoms in total. The van der Waals surface area contributed by atoms with E-state index in [1.807, 2.05) is 12.1 Å². The minimum absolute atomic E-state index is 0.00421. The second-order valence-corrected chi connectivity index (χ2v) is 5.17. The SMILES string of the molecule is O=C1C(C=NCc2ccc(Cl)cc2)=C(O)c2ccccc21. The number of allylic oxidation sites excluding steroid dienone is 1. The first-order valence-corrected chi connectivity index (χ1v) is 6.86. The predicted octanol–water partition coefficient (Wildman–Crippen LogP) is 4.08. The lowest BCUT2D eigenvalue weighted by Crippen LogP contribution is -2.00. The molecule has 2 aromatic rings. The molecule has 2 aromatic carbocycles. The molecule has 0 saturated heterocycles. The molecule has 1 aliphatic rings. The van der Waals surface area contributed by atoms with Crippen LogP contribution < -0.4 is 0 Å². The van der Waals surface area contributed by atoms with E-state index in [4.69, 9.17) is 11.6 Å². The van der Waals surface area contributed by atoms with Crippen LogP contribution in [-0.4, -0.2) is 17.1 Å². The van der Waals surface area contributed by atoms with Crippen molar-refractivity contribution in [3.63, 3.8) is 0 Å². The van der Waals surface area contributed by atoms with Crippen LogP contribution in [0.1, 0.15) is 21.5 Å². The summed E-state index contributed by atoms with van der Waals surface area (Å²) in [6.07, 6.45) is 1.44. The van der Waals surface area contributed by atoms with Gasteiger partial charge in [0.15, 0.2) is 5.78 Å². The van der Waals surface area contributed by atoms with E-state index in [1.165, 1.54) is 6.21 Å². The molecule has 0 aliphatic heterocycles. The van der Waals surface area contributed by atoms with E-state index in [0.29, 0.717) is 22.7 Å². The van der Waals surface area contributed by atoms with Crippen LogP contribution in [0.2, 0.25) is 5.02 Å². The minimum Gasteiger partial charge on any atom is -0.506 e. The first kappa shape index (κ1) is 13.6. The third-order valence-electron chi connectivity index (χ3n) is 3.33. The van der Waals surface area contributed by atoms with Crippen molar-refractivity contribution in [3.05, 3.63) is 75.8 Å². The van der Waals surface area contributed by atoms with Crippen molar-refractivity contribution in [1.29, 1.82) is 0 Å². The number of carbonyl (C=O) groups excluding carboxylic acids is 1. The molecule has 1 aliphatic carbocycles.